The molecule has 0 aliphatic carbocycles. The van der Waals surface area contributed by atoms with Crippen LogP contribution in [0, 0.1) is 0 Å². The molecule has 0 atom stereocenters. The average Bonchev–Trinajstić information content (AvgIpc) is 2.34. The van der Waals surface area contributed by atoms with Crippen molar-refractivity contribution in [1.29, 1.82) is 0 Å². The van der Waals surface area contributed by atoms with E-state index in [0.717, 1.165) is 4.47 Å². The fraction of sp³-hybridized carbons (Fsp3) is 0. The lowest BCUT2D eigenvalue weighted by atomic mass is 10.2. The lowest BCUT2D eigenvalue weighted by Crippen LogP contribution is -2.11. The number of para-hydroxylation sites is 1. The summed E-state index contributed by atoms with van der Waals surface area (Å²) >= 11 is 3.37. The molecule has 5 heteroatoms. The van der Waals surface area contributed by atoms with E-state index in [-0.39, 0.29) is 0 Å². The van der Waals surface area contributed by atoms with Crippen LogP contribution in [-0.2, 0) is 0 Å². The number of carbonyl (C=O) groups excluding carboxylic acids is 1. The van der Waals surface area contributed by atoms with E-state index in [4.69, 9.17) is 16.2 Å². The van der Waals surface area contributed by atoms with Gasteiger partial charge >= 0.3 is 0 Å². The van der Waals surface area contributed by atoms with Gasteiger partial charge in [-0.1, -0.05) is 12.1 Å². The number of rotatable bonds is 3. The van der Waals surface area contributed by atoms with Crippen LogP contribution >= 0.6 is 15.9 Å². The van der Waals surface area contributed by atoms with Gasteiger partial charge in [-0.15, -0.1) is 0 Å². The Morgan fingerprint density at radius 1 is 1.11 bits per heavy atom. The van der Waals surface area contributed by atoms with Crippen molar-refractivity contribution in [2.24, 2.45) is 5.73 Å². The number of amides is 1. The maximum atomic E-state index is 11.1. The number of primary amides is 1. The van der Waals surface area contributed by atoms with Crippen molar-refractivity contribution in [2.75, 3.05) is 5.73 Å². The van der Waals surface area contributed by atoms with Crippen LogP contribution in [0.5, 0.6) is 11.5 Å². The van der Waals surface area contributed by atoms with E-state index in [1.54, 1.807) is 18.2 Å². The Morgan fingerprint density at radius 3 is 2.50 bits per heavy atom. The number of hydrogen-bond donors (Lipinski definition) is 2. The predicted molar refractivity (Wildman–Crippen MR) is 73.6 cm³/mol. The monoisotopic (exact) mass is 306 g/mol. The normalized spacial score (nSPS) is 10.1. The van der Waals surface area contributed by atoms with Crippen molar-refractivity contribution in [3.05, 3.63) is 52.5 Å². The number of anilines is 1. The zero-order chi connectivity index (χ0) is 13.1. The quantitative estimate of drug-likeness (QED) is 0.856. The van der Waals surface area contributed by atoms with Gasteiger partial charge in [0.15, 0.2) is 5.75 Å². The van der Waals surface area contributed by atoms with Crippen molar-refractivity contribution in [3.8, 4) is 11.5 Å². The van der Waals surface area contributed by atoms with Gasteiger partial charge < -0.3 is 16.2 Å². The smallest absolute Gasteiger partial charge is 0.248 e. The second-order valence-electron chi connectivity index (χ2n) is 3.65. The summed E-state index contributed by atoms with van der Waals surface area (Å²) in [5, 5.41) is 0. The molecule has 0 saturated heterocycles. The highest BCUT2D eigenvalue weighted by atomic mass is 79.9. The Labute approximate surface area is 113 Å². The molecule has 0 unspecified atom stereocenters. The van der Waals surface area contributed by atoms with Gasteiger partial charge in [0.1, 0.15) is 5.75 Å². The molecule has 92 valence electrons. The highest BCUT2D eigenvalue weighted by Gasteiger charge is 2.08. The second kappa shape index (κ2) is 5.10. The van der Waals surface area contributed by atoms with E-state index in [9.17, 15) is 4.79 Å². The number of nitrogen functional groups attached to an aromatic ring is 1. The first-order valence-corrected chi connectivity index (χ1v) is 5.99. The van der Waals surface area contributed by atoms with Gasteiger partial charge in [-0.2, -0.15) is 0 Å². The molecule has 0 aliphatic rings. The number of nitrogens with two attached hydrogens (primary N) is 2. The summed E-state index contributed by atoms with van der Waals surface area (Å²) < 4.78 is 6.45. The third-order valence-electron chi connectivity index (χ3n) is 2.35. The van der Waals surface area contributed by atoms with Gasteiger partial charge in [-0.25, -0.2) is 0 Å². The van der Waals surface area contributed by atoms with Crippen LogP contribution in [0.3, 0.4) is 0 Å². The maximum absolute atomic E-state index is 11.1. The molecule has 0 spiro atoms. The lowest BCUT2D eigenvalue weighted by molar-refractivity contribution is 0.1000. The third kappa shape index (κ3) is 2.62. The van der Waals surface area contributed by atoms with Crippen molar-refractivity contribution >= 4 is 27.5 Å². The van der Waals surface area contributed by atoms with Gasteiger partial charge in [0.25, 0.3) is 0 Å². The second-order valence-corrected chi connectivity index (χ2v) is 4.50. The van der Waals surface area contributed by atoms with Gasteiger partial charge in [0, 0.05) is 5.56 Å². The van der Waals surface area contributed by atoms with Gasteiger partial charge in [0.2, 0.25) is 5.91 Å². The third-order valence-corrected chi connectivity index (χ3v) is 3.01. The first kappa shape index (κ1) is 12.4. The molecule has 0 aliphatic heterocycles. The summed E-state index contributed by atoms with van der Waals surface area (Å²) in [7, 11) is 0. The van der Waals surface area contributed by atoms with Gasteiger partial charge in [-0.3, -0.25) is 4.79 Å². The number of halogens is 1. The zero-order valence-electron chi connectivity index (χ0n) is 9.39. The highest BCUT2D eigenvalue weighted by molar-refractivity contribution is 9.10. The number of hydrogen-bond acceptors (Lipinski definition) is 3. The molecule has 2 aromatic rings. The minimum atomic E-state index is -0.521. The van der Waals surface area contributed by atoms with Crippen LogP contribution in [0.1, 0.15) is 10.4 Å². The van der Waals surface area contributed by atoms with E-state index in [1.807, 2.05) is 18.2 Å². The molecule has 4 nitrogen and oxygen atoms in total. The molecule has 4 N–H and O–H groups in total. The van der Waals surface area contributed by atoms with Crippen molar-refractivity contribution in [2.45, 2.75) is 0 Å². The topological polar surface area (TPSA) is 78.3 Å². The fourth-order valence-electron chi connectivity index (χ4n) is 1.42. The Bertz CT molecular complexity index is 599. The highest BCUT2D eigenvalue weighted by Crippen LogP contribution is 2.32. The number of carbonyl (C=O) groups is 1. The SMILES string of the molecule is NC(=O)c1ccc(N)c(Oc2ccccc2Br)c1. The van der Waals surface area contributed by atoms with E-state index >= 15 is 0 Å². The molecule has 0 saturated carbocycles. The summed E-state index contributed by atoms with van der Waals surface area (Å²) in [6.07, 6.45) is 0. The number of benzene rings is 2. The van der Waals surface area contributed by atoms with Crippen LogP contribution in [0.25, 0.3) is 0 Å². The molecular formula is C13H11BrN2O2. The first-order valence-electron chi connectivity index (χ1n) is 5.19. The van der Waals surface area contributed by atoms with Gasteiger partial charge in [-0.05, 0) is 46.3 Å². The summed E-state index contributed by atoms with van der Waals surface area (Å²) in [6.45, 7) is 0. The van der Waals surface area contributed by atoms with Crippen molar-refractivity contribution < 1.29 is 9.53 Å². The zero-order valence-corrected chi connectivity index (χ0v) is 11.0. The summed E-state index contributed by atoms with van der Waals surface area (Å²) in [5.74, 6) is 0.496. The molecule has 0 heterocycles. The van der Waals surface area contributed by atoms with Crippen molar-refractivity contribution in [1.82, 2.24) is 0 Å². The molecule has 2 aromatic carbocycles. The van der Waals surface area contributed by atoms with Crippen LogP contribution in [0.15, 0.2) is 46.9 Å². The summed E-state index contributed by atoms with van der Waals surface area (Å²) in [4.78, 5) is 11.1. The van der Waals surface area contributed by atoms with E-state index < -0.39 is 5.91 Å². The lowest BCUT2D eigenvalue weighted by Gasteiger charge is -2.10. The summed E-state index contributed by atoms with van der Waals surface area (Å²) in [5.41, 5.74) is 11.8. The molecular weight excluding hydrogens is 296 g/mol. The molecule has 1 amide bonds. The van der Waals surface area contributed by atoms with Crippen LogP contribution < -0.4 is 16.2 Å². The predicted octanol–water partition coefficient (Wildman–Crippen LogP) is 2.92. The largest absolute Gasteiger partial charge is 0.454 e. The molecule has 18 heavy (non-hydrogen) atoms. The van der Waals surface area contributed by atoms with E-state index in [0.29, 0.717) is 22.7 Å². The molecule has 0 fully saturated rings. The summed E-state index contributed by atoms with van der Waals surface area (Å²) in [6, 6.07) is 12.0. The Morgan fingerprint density at radius 2 is 1.83 bits per heavy atom. The van der Waals surface area contributed by atoms with Crippen molar-refractivity contribution in [3.63, 3.8) is 0 Å². The van der Waals surface area contributed by atoms with Gasteiger partial charge in [0.05, 0.1) is 10.2 Å². The number of ether oxygens (including phenoxy) is 1. The Kier molecular flexibility index (Phi) is 3.53. The first-order chi connectivity index (χ1) is 8.58. The minimum Gasteiger partial charge on any atom is -0.454 e. The van der Waals surface area contributed by atoms with Crippen LogP contribution in [0.2, 0.25) is 0 Å². The molecule has 0 bridgehead atoms. The average molecular weight is 307 g/mol. The van der Waals surface area contributed by atoms with Crippen LogP contribution in [0.4, 0.5) is 5.69 Å². The fourth-order valence-corrected chi connectivity index (χ4v) is 1.79. The van der Waals surface area contributed by atoms with Crippen LogP contribution in [-0.4, -0.2) is 5.91 Å². The molecule has 0 aromatic heterocycles. The minimum absolute atomic E-state index is 0.353. The van der Waals surface area contributed by atoms with E-state index in [1.165, 1.54) is 6.07 Å². The molecule has 0 radical (unpaired) electrons. The Hall–Kier alpha value is -2.01. The standard InChI is InChI=1S/C13H11BrN2O2/c14-9-3-1-2-4-11(9)18-12-7-8(13(16)17)5-6-10(12)15/h1-7H,15H2,(H2,16,17). The van der Waals surface area contributed by atoms with E-state index in [2.05, 4.69) is 15.9 Å². The maximum Gasteiger partial charge on any atom is 0.248 e. The molecule has 2 rings (SSSR count). The Balaban J connectivity index is 2.37.